The van der Waals surface area contributed by atoms with E-state index in [9.17, 15) is 0 Å². The zero-order valence-electron chi connectivity index (χ0n) is 15.6. The molecule has 0 aliphatic carbocycles. The predicted molar refractivity (Wildman–Crippen MR) is 112 cm³/mol. The van der Waals surface area contributed by atoms with Crippen molar-refractivity contribution in [2.45, 2.75) is 25.7 Å². The maximum Gasteiger partial charge on any atom is 0.0417 e. The zero-order valence-corrected chi connectivity index (χ0v) is 15.6. The van der Waals surface area contributed by atoms with Crippen LogP contribution in [-0.4, -0.2) is 27.2 Å². The van der Waals surface area contributed by atoms with Gasteiger partial charge in [0.1, 0.15) is 0 Å². The van der Waals surface area contributed by atoms with Crippen molar-refractivity contribution < 1.29 is 0 Å². The van der Waals surface area contributed by atoms with E-state index in [0.717, 1.165) is 24.3 Å². The minimum absolute atomic E-state index is 1.04. The maximum atomic E-state index is 3.86. The van der Waals surface area contributed by atoms with E-state index >= 15 is 0 Å². The molecule has 0 radical (unpaired) electrons. The first-order valence-corrected chi connectivity index (χ1v) is 9.21. The van der Waals surface area contributed by atoms with Gasteiger partial charge in [-0.05, 0) is 61.3 Å². The molecule has 3 N–H and O–H groups in total. The Hall–Kier alpha value is -2.26. The van der Waals surface area contributed by atoms with Crippen molar-refractivity contribution in [1.29, 1.82) is 0 Å². The van der Waals surface area contributed by atoms with Crippen LogP contribution in [0.3, 0.4) is 0 Å². The van der Waals surface area contributed by atoms with Crippen molar-refractivity contribution >= 4 is 17.5 Å². The molecule has 25 heavy (non-hydrogen) atoms. The third-order valence-electron chi connectivity index (χ3n) is 4.44. The lowest BCUT2D eigenvalue weighted by Gasteiger charge is -2.10. The summed E-state index contributed by atoms with van der Waals surface area (Å²) in [5.74, 6) is 0. The number of unbranched alkanes of at least 4 members (excludes halogenated alkanes) is 3. The minimum Gasteiger partial charge on any atom is -0.388 e. The summed E-state index contributed by atoms with van der Waals surface area (Å²) < 4.78 is 0. The molecule has 2 aromatic carbocycles. The molecule has 0 saturated carbocycles. The van der Waals surface area contributed by atoms with Crippen molar-refractivity contribution in [3.8, 4) is 11.1 Å². The first-order valence-electron chi connectivity index (χ1n) is 9.21. The summed E-state index contributed by atoms with van der Waals surface area (Å²) in [5.41, 5.74) is 5.86. The minimum atomic E-state index is 1.04. The lowest BCUT2D eigenvalue weighted by Crippen LogP contribution is -2.07. The van der Waals surface area contributed by atoms with Gasteiger partial charge in [0.05, 0.1) is 0 Å². The highest BCUT2D eigenvalue weighted by Crippen LogP contribution is 2.27. The zero-order chi connectivity index (χ0) is 17.9. The van der Waals surface area contributed by atoms with Crippen LogP contribution in [0.2, 0.25) is 0 Å². The second-order valence-corrected chi connectivity index (χ2v) is 6.28. The normalized spacial score (nSPS) is 10.5. The number of hydrogen-bond acceptors (Lipinski definition) is 3. The van der Waals surface area contributed by atoms with E-state index in [1.165, 1.54) is 42.5 Å². The predicted octanol–water partition coefficient (Wildman–Crippen LogP) is 5.23. The largest absolute Gasteiger partial charge is 0.388 e. The summed E-state index contributed by atoms with van der Waals surface area (Å²) in [5, 5.41) is 9.94. The summed E-state index contributed by atoms with van der Waals surface area (Å²) in [6, 6.07) is 15.1. The molecule has 2 rings (SSSR count). The van der Waals surface area contributed by atoms with E-state index in [2.05, 4.69) is 65.0 Å². The average molecular weight is 338 g/mol. The summed E-state index contributed by atoms with van der Waals surface area (Å²) in [4.78, 5) is 0. The second-order valence-electron chi connectivity index (χ2n) is 6.28. The number of anilines is 2. The summed E-state index contributed by atoms with van der Waals surface area (Å²) in [6.45, 7) is 6.02. The number of nitrogens with one attached hydrogen (secondary N) is 3. The lowest BCUT2D eigenvalue weighted by molar-refractivity contribution is 0.626. The fourth-order valence-electron chi connectivity index (χ4n) is 2.92. The van der Waals surface area contributed by atoms with Gasteiger partial charge < -0.3 is 16.0 Å². The maximum absolute atomic E-state index is 3.86. The smallest absolute Gasteiger partial charge is 0.0417 e. The Kier molecular flexibility index (Phi) is 8.06. The molecule has 0 spiro atoms. The molecule has 0 atom stereocenters. The fraction of sp³-hybridized carbons (Fsp3) is 0.364. The number of hydrogen-bond donors (Lipinski definition) is 3. The van der Waals surface area contributed by atoms with Crippen LogP contribution in [0.4, 0.5) is 11.4 Å². The molecule has 2 aromatic rings. The van der Waals surface area contributed by atoms with Gasteiger partial charge in [-0.3, -0.25) is 0 Å². The first-order chi connectivity index (χ1) is 12.3. The highest BCUT2D eigenvalue weighted by Gasteiger charge is 2.03. The monoisotopic (exact) mass is 337 g/mol. The van der Waals surface area contributed by atoms with Gasteiger partial charge in [0, 0.05) is 25.0 Å². The van der Waals surface area contributed by atoms with Gasteiger partial charge >= 0.3 is 0 Å². The van der Waals surface area contributed by atoms with Crippen LogP contribution in [0.5, 0.6) is 0 Å². The van der Waals surface area contributed by atoms with Crippen molar-refractivity contribution in [3.05, 3.63) is 54.6 Å². The third-order valence-corrected chi connectivity index (χ3v) is 4.44. The van der Waals surface area contributed by atoms with Crippen molar-refractivity contribution in [3.63, 3.8) is 0 Å². The van der Waals surface area contributed by atoms with E-state index in [4.69, 9.17) is 0 Å². The van der Waals surface area contributed by atoms with E-state index in [-0.39, 0.29) is 0 Å². The Bertz CT molecular complexity index is 647. The molecule has 0 aromatic heterocycles. The molecule has 0 fully saturated rings. The molecule has 0 heterocycles. The third kappa shape index (κ3) is 5.95. The molecule has 134 valence electrons. The molecule has 3 nitrogen and oxygen atoms in total. The lowest BCUT2D eigenvalue weighted by atomic mass is 10.0. The van der Waals surface area contributed by atoms with E-state index < -0.39 is 0 Å². The Morgan fingerprint density at radius 1 is 0.840 bits per heavy atom. The summed E-state index contributed by atoms with van der Waals surface area (Å²) in [6.07, 6.45) is 6.96. The highest BCUT2D eigenvalue weighted by molar-refractivity contribution is 5.75. The Morgan fingerprint density at radius 2 is 1.52 bits per heavy atom. The van der Waals surface area contributed by atoms with Gasteiger partial charge in [0.25, 0.3) is 0 Å². The quantitative estimate of drug-likeness (QED) is 0.491. The highest BCUT2D eigenvalue weighted by atomic mass is 14.9. The first kappa shape index (κ1) is 19.1. The van der Waals surface area contributed by atoms with E-state index in [1.54, 1.807) is 0 Å². The summed E-state index contributed by atoms with van der Waals surface area (Å²) in [7, 11) is 3.95. The molecule has 0 unspecified atom stereocenters. The van der Waals surface area contributed by atoms with Gasteiger partial charge in [-0.1, -0.05) is 49.8 Å². The second kappa shape index (κ2) is 10.6. The van der Waals surface area contributed by atoms with Crippen LogP contribution in [0.25, 0.3) is 17.2 Å². The molecule has 0 amide bonds. The molecule has 3 heteroatoms. The van der Waals surface area contributed by atoms with Crippen LogP contribution >= 0.6 is 0 Å². The van der Waals surface area contributed by atoms with E-state index in [1.807, 2.05) is 20.2 Å². The molecule has 0 aliphatic rings. The van der Waals surface area contributed by atoms with Crippen molar-refractivity contribution in [1.82, 2.24) is 5.32 Å². The summed E-state index contributed by atoms with van der Waals surface area (Å²) >= 11 is 0. The van der Waals surface area contributed by atoms with Crippen molar-refractivity contribution in [2.75, 3.05) is 37.8 Å². The Labute approximate surface area is 152 Å². The number of rotatable bonds is 11. The Balaban J connectivity index is 1.86. The van der Waals surface area contributed by atoms with Crippen molar-refractivity contribution in [2.24, 2.45) is 0 Å². The van der Waals surface area contributed by atoms with Crippen LogP contribution < -0.4 is 16.0 Å². The van der Waals surface area contributed by atoms with Crippen LogP contribution in [-0.2, 0) is 0 Å². The topological polar surface area (TPSA) is 36.1 Å². The molecule has 0 saturated heterocycles. The van der Waals surface area contributed by atoms with Crippen LogP contribution in [0.1, 0.15) is 31.2 Å². The van der Waals surface area contributed by atoms with Gasteiger partial charge in [-0.15, -0.1) is 0 Å². The molecular weight excluding hydrogens is 306 g/mol. The van der Waals surface area contributed by atoms with Crippen LogP contribution in [0, 0.1) is 0 Å². The average Bonchev–Trinajstić information content (AvgIpc) is 2.67. The van der Waals surface area contributed by atoms with Crippen LogP contribution in [0.15, 0.2) is 49.0 Å². The molecule has 0 aliphatic heterocycles. The molecule has 0 bridgehead atoms. The van der Waals surface area contributed by atoms with Gasteiger partial charge in [-0.25, -0.2) is 0 Å². The van der Waals surface area contributed by atoms with E-state index in [0.29, 0.717) is 0 Å². The standard InChI is InChI=1S/C22H31N3/c1-4-18-9-10-20(17-22(18)24-3)19-11-13-21(14-12-19)25-16-8-6-5-7-15-23-2/h4,9-14,17,23-25H,1,5-8,15-16H2,2-3H3. The number of benzene rings is 2. The van der Waals surface area contributed by atoms with Gasteiger partial charge in [0.2, 0.25) is 0 Å². The molecular formula is C22H31N3. The fourth-order valence-corrected chi connectivity index (χ4v) is 2.92. The van der Waals surface area contributed by atoms with Gasteiger partial charge in [0.15, 0.2) is 0 Å². The SMILES string of the molecule is C=Cc1ccc(-c2ccc(NCCCCCCNC)cc2)cc1NC. The van der Waals surface area contributed by atoms with Gasteiger partial charge in [-0.2, -0.15) is 0 Å². The Morgan fingerprint density at radius 3 is 2.16 bits per heavy atom.